The summed E-state index contributed by atoms with van der Waals surface area (Å²) in [6.45, 7) is 2.11. The van der Waals surface area contributed by atoms with Crippen LogP contribution in [0.15, 0.2) is 48.5 Å². The Labute approximate surface area is 90.8 Å². The van der Waals surface area contributed by atoms with Gasteiger partial charge in [-0.3, -0.25) is 0 Å². The van der Waals surface area contributed by atoms with Gasteiger partial charge in [-0.05, 0) is 29.7 Å². The highest BCUT2D eigenvalue weighted by Gasteiger charge is 2.00. The Bertz CT molecular complexity index is 446. The molecule has 0 unspecified atom stereocenters. The highest BCUT2D eigenvalue weighted by molar-refractivity contribution is 5.69. The number of benzene rings is 2. The van der Waals surface area contributed by atoms with E-state index in [1.165, 1.54) is 22.4 Å². The topological polar surface area (TPSA) is 12.0 Å². The SMILES string of the molecule is CNc1cc(-c2ccccc2)ccc1C. The van der Waals surface area contributed by atoms with E-state index in [0.717, 1.165) is 0 Å². The molecule has 15 heavy (non-hydrogen) atoms. The Morgan fingerprint density at radius 3 is 2.27 bits per heavy atom. The van der Waals surface area contributed by atoms with Crippen molar-refractivity contribution in [2.75, 3.05) is 12.4 Å². The van der Waals surface area contributed by atoms with E-state index in [9.17, 15) is 0 Å². The molecule has 2 aromatic carbocycles. The summed E-state index contributed by atoms with van der Waals surface area (Å²) in [6, 6.07) is 16.9. The lowest BCUT2D eigenvalue weighted by molar-refractivity contribution is 1.40. The van der Waals surface area contributed by atoms with Gasteiger partial charge in [0.1, 0.15) is 0 Å². The summed E-state index contributed by atoms with van der Waals surface area (Å²) in [4.78, 5) is 0. The van der Waals surface area contributed by atoms with E-state index in [1.54, 1.807) is 0 Å². The van der Waals surface area contributed by atoms with Crippen molar-refractivity contribution in [3.05, 3.63) is 54.1 Å². The first kappa shape index (κ1) is 9.78. The highest BCUT2D eigenvalue weighted by Crippen LogP contribution is 2.24. The Kier molecular flexibility index (Phi) is 2.72. The number of aryl methyl sites for hydroxylation is 1. The van der Waals surface area contributed by atoms with Crippen LogP contribution in [0.2, 0.25) is 0 Å². The number of hydrogen-bond donors (Lipinski definition) is 1. The standard InChI is InChI=1S/C14H15N/c1-11-8-9-13(10-14(11)15-2)12-6-4-3-5-7-12/h3-10,15H,1-2H3. The molecule has 0 aliphatic rings. The van der Waals surface area contributed by atoms with Gasteiger partial charge in [-0.1, -0.05) is 42.5 Å². The molecule has 2 rings (SSSR count). The smallest absolute Gasteiger partial charge is 0.0373 e. The molecule has 1 nitrogen and oxygen atoms in total. The molecule has 0 radical (unpaired) electrons. The summed E-state index contributed by atoms with van der Waals surface area (Å²) in [6.07, 6.45) is 0. The van der Waals surface area contributed by atoms with Crippen molar-refractivity contribution in [3.63, 3.8) is 0 Å². The fraction of sp³-hybridized carbons (Fsp3) is 0.143. The Balaban J connectivity index is 2.46. The fourth-order valence-corrected chi connectivity index (χ4v) is 1.70. The minimum absolute atomic E-state index is 1.19. The summed E-state index contributed by atoms with van der Waals surface area (Å²) in [5, 5.41) is 3.21. The van der Waals surface area contributed by atoms with E-state index in [1.807, 2.05) is 13.1 Å². The Morgan fingerprint density at radius 2 is 1.60 bits per heavy atom. The number of nitrogens with one attached hydrogen (secondary N) is 1. The highest BCUT2D eigenvalue weighted by atomic mass is 14.8. The minimum atomic E-state index is 1.19. The first-order valence-corrected chi connectivity index (χ1v) is 5.15. The molecule has 0 bridgehead atoms. The van der Waals surface area contributed by atoms with E-state index in [2.05, 4.69) is 54.7 Å². The van der Waals surface area contributed by atoms with Crippen LogP contribution in [0.3, 0.4) is 0 Å². The van der Waals surface area contributed by atoms with Crippen LogP contribution >= 0.6 is 0 Å². The molecule has 0 saturated carbocycles. The van der Waals surface area contributed by atoms with E-state index >= 15 is 0 Å². The lowest BCUT2D eigenvalue weighted by Crippen LogP contribution is -1.91. The molecule has 0 aliphatic heterocycles. The maximum absolute atomic E-state index is 3.21. The average Bonchev–Trinajstić information content (AvgIpc) is 2.31. The summed E-state index contributed by atoms with van der Waals surface area (Å²) in [7, 11) is 1.96. The van der Waals surface area contributed by atoms with Gasteiger partial charge in [0.2, 0.25) is 0 Å². The van der Waals surface area contributed by atoms with Gasteiger partial charge in [0.05, 0.1) is 0 Å². The first-order valence-electron chi connectivity index (χ1n) is 5.15. The molecule has 1 heteroatoms. The third-order valence-corrected chi connectivity index (χ3v) is 2.61. The third-order valence-electron chi connectivity index (χ3n) is 2.61. The van der Waals surface area contributed by atoms with Gasteiger partial charge in [-0.2, -0.15) is 0 Å². The summed E-state index contributed by atoms with van der Waals surface area (Å²) < 4.78 is 0. The second-order valence-corrected chi connectivity index (χ2v) is 3.65. The largest absolute Gasteiger partial charge is 0.388 e. The van der Waals surface area contributed by atoms with E-state index in [0.29, 0.717) is 0 Å². The average molecular weight is 197 g/mol. The van der Waals surface area contributed by atoms with Crippen LogP contribution in [0.4, 0.5) is 5.69 Å². The van der Waals surface area contributed by atoms with Gasteiger partial charge in [0.15, 0.2) is 0 Å². The normalized spacial score (nSPS) is 10.0. The number of rotatable bonds is 2. The molecule has 0 aliphatic carbocycles. The van der Waals surface area contributed by atoms with Crippen molar-refractivity contribution in [1.29, 1.82) is 0 Å². The minimum Gasteiger partial charge on any atom is -0.388 e. The zero-order chi connectivity index (χ0) is 10.7. The van der Waals surface area contributed by atoms with Crippen molar-refractivity contribution in [1.82, 2.24) is 0 Å². The fourth-order valence-electron chi connectivity index (χ4n) is 1.70. The van der Waals surface area contributed by atoms with Gasteiger partial charge in [0, 0.05) is 12.7 Å². The number of anilines is 1. The zero-order valence-corrected chi connectivity index (χ0v) is 9.12. The molecule has 0 saturated heterocycles. The molecule has 0 fully saturated rings. The zero-order valence-electron chi connectivity index (χ0n) is 9.12. The van der Waals surface area contributed by atoms with E-state index in [-0.39, 0.29) is 0 Å². The first-order chi connectivity index (χ1) is 7.31. The van der Waals surface area contributed by atoms with Crippen LogP contribution in [0.1, 0.15) is 5.56 Å². The van der Waals surface area contributed by atoms with Crippen molar-refractivity contribution < 1.29 is 0 Å². The predicted molar refractivity (Wildman–Crippen MR) is 66.2 cm³/mol. The van der Waals surface area contributed by atoms with Crippen LogP contribution < -0.4 is 5.32 Å². The molecule has 2 aromatic rings. The molecule has 1 N–H and O–H groups in total. The van der Waals surface area contributed by atoms with Crippen LogP contribution in [-0.2, 0) is 0 Å². The second kappa shape index (κ2) is 4.18. The van der Waals surface area contributed by atoms with Gasteiger partial charge < -0.3 is 5.32 Å². The maximum Gasteiger partial charge on any atom is 0.0373 e. The lowest BCUT2D eigenvalue weighted by atomic mass is 10.0. The van der Waals surface area contributed by atoms with Crippen molar-refractivity contribution in [2.45, 2.75) is 6.92 Å². The maximum atomic E-state index is 3.21. The molecular formula is C14H15N. The lowest BCUT2D eigenvalue weighted by Gasteiger charge is -2.08. The van der Waals surface area contributed by atoms with Gasteiger partial charge in [-0.15, -0.1) is 0 Å². The summed E-state index contributed by atoms with van der Waals surface area (Å²) in [5.41, 5.74) is 4.98. The van der Waals surface area contributed by atoms with Crippen LogP contribution in [0.25, 0.3) is 11.1 Å². The molecule has 0 amide bonds. The molecule has 76 valence electrons. The molecule has 0 atom stereocenters. The van der Waals surface area contributed by atoms with Crippen molar-refractivity contribution in [3.8, 4) is 11.1 Å². The summed E-state index contributed by atoms with van der Waals surface area (Å²) >= 11 is 0. The van der Waals surface area contributed by atoms with E-state index < -0.39 is 0 Å². The third kappa shape index (κ3) is 2.01. The van der Waals surface area contributed by atoms with Gasteiger partial charge in [0.25, 0.3) is 0 Å². The Morgan fingerprint density at radius 1 is 0.867 bits per heavy atom. The molecule has 0 aromatic heterocycles. The van der Waals surface area contributed by atoms with Crippen LogP contribution in [-0.4, -0.2) is 7.05 Å². The Hall–Kier alpha value is -1.76. The second-order valence-electron chi connectivity index (χ2n) is 3.65. The monoisotopic (exact) mass is 197 g/mol. The van der Waals surface area contributed by atoms with Crippen molar-refractivity contribution >= 4 is 5.69 Å². The molecule has 0 spiro atoms. The number of hydrogen-bond acceptors (Lipinski definition) is 1. The summed E-state index contributed by atoms with van der Waals surface area (Å²) in [5.74, 6) is 0. The predicted octanol–water partition coefficient (Wildman–Crippen LogP) is 3.70. The van der Waals surface area contributed by atoms with Gasteiger partial charge in [-0.25, -0.2) is 0 Å². The van der Waals surface area contributed by atoms with Crippen LogP contribution in [0.5, 0.6) is 0 Å². The molecular weight excluding hydrogens is 182 g/mol. The van der Waals surface area contributed by atoms with Crippen molar-refractivity contribution in [2.24, 2.45) is 0 Å². The quantitative estimate of drug-likeness (QED) is 0.774. The van der Waals surface area contributed by atoms with Gasteiger partial charge >= 0.3 is 0 Å². The molecule has 0 heterocycles. The van der Waals surface area contributed by atoms with E-state index in [4.69, 9.17) is 0 Å². The van der Waals surface area contributed by atoms with Crippen LogP contribution in [0, 0.1) is 6.92 Å².